The number of ether oxygens (including phenoxy) is 1. The van der Waals surface area contributed by atoms with Gasteiger partial charge in [0.05, 0.1) is 16.3 Å². The van der Waals surface area contributed by atoms with Gasteiger partial charge in [-0.1, -0.05) is 32.3 Å². The lowest BCUT2D eigenvalue weighted by molar-refractivity contribution is -0.00820. The molecule has 1 unspecified atom stereocenters. The van der Waals surface area contributed by atoms with Crippen LogP contribution in [-0.4, -0.2) is 21.8 Å². The van der Waals surface area contributed by atoms with Crippen LogP contribution in [0.4, 0.5) is 0 Å². The van der Waals surface area contributed by atoms with E-state index in [0.717, 1.165) is 28.7 Å². The van der Waals surface area contributed by atoms with Gasteiger partial charge >= 0.3 is 0 Å². The molecular weight excluding hydrogens is 272 g/mol. The number of nitrogens with zero attached hydrogens (tertiary/aromatic N) is 1. The molecule has 0 spiro atoms. The maximum atomic E-state index is 10.1. The summed E-state index contributed by atoms with van der Waals surface area (Å²) in [5.41, 5.74) is 4.62. The minimum Gasteiger partial charge on any atom is -0.488 e. The van der Waals surface area contributed by atoms with Gasteiger partial charge in [0.15, 0.2) is 0 Å². The molecule has 0 radical (unpaired) electrons. The largest absolute Gasteiger partial charge is 0.488 e. The average Bonchev–Trinajstić information content (AvgIpc) is 2.90. The Kier molecular flexibility index (Phi) is 5.34. The minimum absolute atomic E-state index is 0.105. The molecule has 0 amide bonds. The third kappa shape index (κ3) is 4.16. The fraction of sp³-hybridized carbons (Fsp3) is 0.533. The van der Waals surface area contributed by atoms with E-state index in [2.05, 4.69) is 11.3 Å². The van der Waals surface area contributed by atoms with Crippen molar-refractivity contribution in [2.24, 2.45) is 5.73 Å². The maximum absolute atomic E-state index is 10.1. The maximum Gasteiger partial charge on any atom is 0.147 e. The number of hydrogen-bond donors (Lipinski definition) is 2. The van der Waals surface area contributed by atoms with Crippen molar-refractivity contribution < 1.29 is 9.84 Å². The van der Waals surface area contributed by atoms with Crippen LogP contribution in [0.1, 0.15) is 39.0 Å². The highest BCUT2D eigenvalue weighted by Crippen LogP contribution is 2.28. The molecule has 1 heterocycles. The van der Waals surface area contributed by atoms with Crippen molar-refractivity contribution in [3.05, 3.63) is 24.4 Å². The second-order valence-electron chi connectivity index (χ2n) is 5.20. The second kappa shape index (κ2) is 7.02. The van der Waals surface area contributed by atoms with E-state index in [1.54, 1.807) is 6.20 Å². The average molecular weight is 294 g/mol. The Morgan fingerprint density at radius 1 is 1.35 bits per heavy atom. The molecule has 3 N–H and O–H groups in total. The fourth-order valence-corrected chi connectivity index (χ4v) is 2.79. The molecule has 0 aliphatic heterocycles. The lowest BCUT2D eigenvalue weighted by atomic mass is 10.1. The first-order chi connectivity index (χ1) is 9.62. The molecule has 1 aromatic carbocycles. The summed E-state index contributed by atoms with van der Waals surface area (Å²) in [6, 6.07) is 5.80. The van der Waals surface area contributed by atoms with Crippen LogP contribution < -0.4 is 10.5 Å². The number of rotatable bonds is 8. The Morgan fingerprint density at radius 2 is 2.20 bits per heavy atom. The highest BCUT2D eigenvalue weighted by molar-refractivity contribution is 7.13. The number of hydrogen-bond acceptors (Lipinski definition) is 5. The molecule has 0 aliphatic rings. The number of unbranched alkanes of at least 4 members (excludes halogenated alkanes) is 3. The van der Waals surface area contributed by atoms with E-state index in [0.29, 0.717) is 6.42 Å². The van der Waals surface area contributed by atoms with Gasteiger partial charge in [-0.05, 0) is 36.5 Å². The summed E-state index contributed by atoms with van der Waals surface area (Å²) < 4.78 is 10.9. The van der Waals surface area contributed by atoms with E-state index in [1.807, 2.05) is 18.2 Å². The van der Waals surface area contributed by atoms with Crippen molar-refractivity contribution in [1.82, 2.24) is 4.37 Å². The Labute approximate surface area is 123 Å². The first-order valence-electron chi connectivity index (χ1n) is 7.10. The number of aromatic nitrogens is 1. The smallest absolute Gasteiger partial charge is 0.147 e. The van der Waals surface area contributed by atoms with Crippen LogP contribution in [-0.2, 0) is 0 Å². The quantitative estimate of drug-likeness (QED) is 0.579. The zero-order chi connectivity index (χ0) is 14.4. The molecule has 2 rings (SSSR count). The van der Waals surface area contributed by atoms with Crippen LogP contribution in [0.25, 0.3) is 10.1 Å². The summed E-state index contributed by atoms with van der Waals surface area (Å²) in [6.07, 6.45) is 6.72. The number of aliphatic hydroxyl groups is 1. The summed E-state index contributed by atoms with van der Waals surface area (Å²) in [5.74, 6) is 0.730. The summed E-state index contributed by atoms with van der Waals surface area (Å²) in [7, 11) is 0. The fourth-order valence-electron chi connectivity index (χ4n) is 2.13. The summed E-state index contributed by atoms with van der Waals surface area (Å²) >= 11 is 1.43. The zero-order valence-corrected chi connectivity index (χ0v) is 12.7. The molecule has 0 saturated heterocycles. The van der Waals surface area contributed by atoms with Gasteiger partial charge in [-0.15, -0.1) is 0 Å². The highest BCUT2D eigenvalue weighted by atomic mass is 32.1. The number of benzene rings is 1. The molecule has 0 saturated carbocycles. The lowest BCUT2D eigenvalue weighted by Gasteiger charge is -2.23. The third-order valence-corrected chi connectivity index (χ3v) is 4.06. The molecule has 1 aromatic heterocycles. The number of nitrogens with two attached hydrogens (primary N) is 1. The molecule has 2 aromatic rings. The highest BCUT2D eigenvalue weighted by Gasteiger charge is 2.22. The van der Waals surface area contributed by atoms with Gasteiger partial charge < -0.3 is 15.6 Å². The molecular formula is C15H22N2O2S. The van der Waals surface area contributed by atoms with Crippen LogP contribution in [0.2, 0.25) is 0 Å². The molecule has 4 nitrogen and oxygen atoms in total. The van der Waals surface area contributed by atoms with E-state index in [-0.39, 0.29) is 6.61 Å². The Hall–Kier alpha value is -1.17. The van der Waals surface area contributed by atoms with E-state index in [4.69, 9.17) is 10.5 Å². The summed E-state index contributed by atoms with van der Waals surface area (Å²) in [5, 5.41) is 11.1. The molecule has 5 heteroatoms. The van der Waals surface area contributed by atoms with Crippen molar-refractivity contribution in [3.8, 4) is 5.75 Å². The van der Waals surface area contributed by atoms with Gasteiger partial charge in [0.2, 0.25) is 0 Å². The minimum atomic E-state index is -1.26. The lowest BCUT2D eigenvalue weighted by Crippen LogP contribution is -2.45. The standard InChI is InChI=1S/C15H22N2O2S/c1-2-3-4-5-9-15(16,18)11-19-13-7-6-8-14-12(13)10-17-20-14/h6-8,10,18H,2-5,9,11,16H2,1H3. The summed E-state index contributed by atoms with van der Waals surface area (Å²) in [6.45, 7) is 2.27. The van der Waals surface area contributed by atoms with E-state index in [1.165, 1.54) is 24.4 Å². The van der Waals surface area contributed by atoms with Crippen LogP contribution >= 0.6 is 11.5 Å². The monoisotopic (exact) mass is 294 g/mol. The van der Waals surface area contributed by atoms with Crippen molar-refractivity contribution >= 4 is 21.6 Å². The van der Waals surface area contributed by atoms with Gasteiger partial charge in [0.25, 0.3) is 0 Å². The first kappa shape index (κ1) is 15.2. The topological polar surface area (TPSA) is 68.4 Å². The first-order valence-corrected chi connectivity index (χ1v) is 7.87. The second-order valence-corrected chi connectivity index (χ2v) is 6.03. The predicted molar refractivity (Wildman–Crippen MR) is 83.0 cm³/mol. The van der Waals surface area contributed by atoms with Crippen molar-refractivity contribution in [1.29, 1.82) is 0 Å². The molecule has 0 aliphatic carbocycles. The molecule has 1 atom stereocenters. The van der Waals surface area contributed by atoms with Crippen LogP contribution in [0.15, 0.2) is 24.4 Å². The van der Waals surface area contributed by atoms with Crippen LogP contribution in [0.3, 0.4) is 0 Å². The van der Waals surface area contributed by atoms with Gasteiger partial charge in [0, 0.05) is 0 Å². The van der Waals surface area contributed by atoms with Gasteiger partial charge in [0.1, 0.15) is 18.1 Å². The third-order valence-electron chi connectivity index (χ3n) is 3.30. The van der Waals surface area contributed by atoms with Crippen LogP contribution in [0.5, 0.6) is 5.75 Å². The SMILES string of the molecule is CCCCCCC(N)(O)COc1cccc2sncc12. The number of fused-ring (bicyclic) bond motifs is 1. The van der Waals surface area contributed by atoms with Gasteiger partial charge in [-0.25, -0.2) is 0 Å². The molecule has 110 valence electrons. The predicted octanol–water partition coefficient (Wildman–Crippen LogP) is 3.29. The van der Waals surface area contributed by atoms with Gasteiger partial charge in [-0.3, -0.25) is 0 Å². The Bertz CT molecular complexity index is 539. The molecule has 0 bridgehead atoms. The van der Waals surface area contributed by atoms with E-state index >= 15 is 0 Å². The van der Waals surface area contributed by atoms with E-state index in [9.17, 15) is 5.11 Å². The van der Waals surface area contributed by atoms with Crippen molar-refractivity contribution in [3.63, 3.8) is 0 Å². The molecule has 20 heavy (non-hydrogen) atoms. The Morgan fingerprint density at radius 3 is 3.00 bits per heavy atom. The van der Waals surface area contributed by atoms with Crippen LogP contribution in [0, 0.1) is 0 Å². The summed E-state index contributed by atoms with van der Waals surface area (Å²) in [4.78, 5) is 0. The van der Waals surface area contributed by atoms with E-state index < -0.39 is 5.72 Å². The Balaban J connectivity index is 1.89. The molecule has 0 fully saturated rings. The van der Waals surface area contributed by atoms with Gasteiger partial charge in [-0.2, -0.15) is 4.37 Å². The van der Waals surface area contributed by atoms with Crippen molar-refractivity contribution in [2.45, 2.75) is 44.8 Å². The normalized spacial score (nSPS) is 14.3. The zero-order valence-electron chi connectivity index (χ0n) is 11.8. The van der Waals surface area contributed by atoms with Crippen molar-refractivity contribution in [2.75, 3.05) is 6.61 Å².